The van der Waals surface area contributed by atoms with Gasteiger partial charge in [-0.25, -0.2) is 9.69 Å². The monoisotopic (exact) mass is 273 g/mol. The Balaban J connectivity index is 2.06. The second-order valence-corrected chi connectivity index (χ2v) is 5.31. The average Bonchev–Trinajstić information content (AvgIpc) is 2.77. The molecule has 20 heavy (non-hydrogen) atoms. The molecule has 1 aromatic carbocycles. The minimum atomic E-state index is -0.543. The number of carbonyl (C=O) groups excluding carboxylic acids is 2. The second-order valence-electron chi connectivity index (χ2n) is 5.31. The number of hydrogen-bond donors (Lipinski definition) is 0. The van der Waals surface area contributed by atoms with E-state index in [9.17, 15) is 9.59 Å². The highest BCUT2D eigenvalue weighted by molar-refractivity contribution is 6.01. The first-order valence-electron chi connectivity index (χ1n) is 6.81. The van der Waals surface area contributed by atoms with Gasteiger partial charge in [-0.2, -0.15) is 0 Å². The van der Waals surface area contributed by atoms with E-state index < -0.39 is 6.09 Å². The lowest BCUT2D eigenvalue weighted by Crippen LogP contribution is -2.38. The first kappa shape index (κ1) is 14.3. The van der Waals surface area contributed by atoms with Crippen LogP contribution in [-0.2, 0) is 9.53 Å². The predicted octanol–water partition coefficient (Wildman–Crippen LogP) is 3.09. The van der Waals surface area contributed by atoms with Gasteiger partial charge in [-0.05, 0) is 24.0 Å². The molecule has 0 aliphatic carbocycles. The molecule has 1 atom stereocenters. The lowest BCUT2D eigenvalue weighted by atomic mass is 10.0. The molecule has 4 heteroatoms. The summed E-state index contributed by atoms with van der Waals surface area (Å²) >= 11 is 0. The SMILES string of the molecule is CC(C)C[C@H]1COC(=O)N1C(=O)/C=C/c1ccccc1. The lowest BCUT2D eigenvalue weighted by molar-refractivity contribution is -0.124. The number of benzene rings is 1. The Labute approximate surface area is 119 Å². The van der Waals surface area contributed by atoms with Gasteiger partial charge in [0.2, 0.25) is 0 Å². The first-order valence-corrected chi connectivity index (χ1v) is 6.81. The fourth-order valence-electron chi connectivity index (χ4n) is 2.26. The van der Waals surface area contributed by atoms with Crippen molar-refractivity contribution in [2.75, 3.05) is 6.61 Å². The minimum Gasteiger partial charge on any atom is -0.447 e. The van der Waals surface area contributed by atoms with Crippen LogP contribution in [0.5, 0.6) is 0 Å². The number of ether oxygens (including phenoxy) is 1. The molecule has 0 aromatic heterocycles. The van der Waals surface area contributed by atoms with Gasteiger partial charge in [0.1, 0.15) is 6.61 Å². The normalized spacial score (nSPS) is 18.9. The highest BCUT2D eigenvalue weighted by Gasteiger charge is 2.36. The smallest absolute Gasteiger partial charge is 0.417 e. The Bertz CT molecular complexity index is 508. The van der Waals surface area contributed by atoms with Crippen molar-refractivity contribution in [2.45, 2.75) is 26.3 Å². The number of nitrogens with zero attached hydrogens (tertiary/aromatic N) is 1. The number of amides is 2. The van der Waals surface area contributed by atoms with E-state index in [1.54, 1.807) is 6.08 Å². The fourth-order valence-corrected chi connectivity index (χ4v) is 2.26. The maximum atomic E-state index is 12.2. The van der Waals surface area contributed by atoms with Gasteiger partial charge < -0.3 is 4.74 Å². The van der Waals surface area contributed by atoms with Crippen LogP contribution < -0.4 is 0 Å². The van der Waals surface area contributed by atoms with Crippen LogP contribution in [0.4, 0.5) is 4.79 Å². The van der Waals surface area contributed by atoms with Gasteiger partial charge in [0.25, 0.3) is 5.91 Å². The van der Waals surface area contributed by atoms with Crippen LogP contribution in [-0.4, -0.2) is 29.5 Å². The van der Waals surface area contributed by atoms with Crippen LogP contribution in [0.25, 0.3) is 6.08 Å². The van der Waals surface area contributed by atoms with Gasteiger partial charge in [-0.1, -0.05) is 44.2 Å². The van der Waals surface area contributed by atoms with Crippen molar-refractivity contribution in [3.8, 4) is 0 Å². The zero-order valence-electron chi connectivity index (χ0n) is 11.8. The quantitative estimate of drug-likeness (QED) is 0.792. The van der Waals surface area contributed by atoms with E-state index in [2.05, 4.69) is 13.8 Å². The van der Waals surface area contributed by atoms with E-state index in [1.165, 1.54) is 11.0 Å². The Hall–Kier alpha value is -2.10. The number of rotatable bonds is 4. The van der Waals surface area contributed by atoms with Crippen molar-refractivity contribution in [2.24, 2.45) is 5.92 Å². The Morgan fingerprint density at radius 3 is 2.75 bits per heavy atom. The summed E-state index contributed by atoms with van der Waals surface area (Å²) in [5.74, 6) is 0.0879. The molecule has 1 saturated heterocycles. The van der Waals surface area contributed by atoms with Gasteiger partial charge >= 0.3 is 6.09 Å². The summed E-state index contributed by atoms with van der Waals surface area (Å²) < 4.78 is 4.98. The largest absolute Gasteiger partial charge is 0.447 e. The van der Waals surface area contributed by atoms with E-state index in [0.29, 0.717) is 12.5 Å². The Morgan fingerprint density at radius 2 is 2.10 bits per heavy atom. The van der Waals surface area contributed by atoms with Crippen LogP contribution in [0, 0.1) is 5.92 Å². The zero-order chi connectivity index (χ0) is 14.5. The topological polar surface area (TPSA) is 46.6 Å². The fraction of sp³-hybridized carbons (Fsp3) is 0.375. The molecule has 0 radical (unpaired) electrons. The highest BCUT2D eigenvalue weighted by atomic mass is 16.6. The first-order chi connectivity index (χ1) is 9.58. The van der Waals surface area contributed by atoms with Crippen molar-refractivity contribution < 1.29 is 14.3 Å². The van der Waals surface area contributed by atoms with Gasteiger partial charge in [0.05, 0.1) is 6.04 Å². The van der Waals surface area contributed by atoms with Crippen LogP contribution in [0.2, 0.25) is 0 Å². The van der Waals surface area contributed by atoms with Gasteiger partial charge in [0, 0.05) is 6.08 Å². The van der Waals surface area contributed by atoms with Gasteiger partial charge in [-0.3, -0.25) is 4.79 Å². The Kier molecular flexibility index (Phi) is 4.56. The number of cyclic esters (lactones) is 1. The third-order valence-electron chi connectivity index (χ3n) is 3.16. The van der Waals surface area contributed by atoms with E-state index in [-0.39, 0.29) is 11.9 Å². The molecule has 1 fully saturated rings. The van der Waals surface area contributed by atoms with Crippen LogP contribution in [0.1, 0.15) is 25.8 Å². The number of hydrogen-bond acceptors (Lipinski definition) is 3. The third kappa shape index (κ3) is 3.47. The molecule has 1 heterocycles. The minimum absolute atomic E-state index is 0.157. The number of carbonyl (C=O) groups is 2. The molecule has 2 amide bonds. The standard InChI is InChI=1S/C16H19NO3/c1-12(2)10-14-11-20-16(19)17(14)15(18)9-8-13-6-4-3-5-7-13/h3-9,12,14H,10-11H2,1-2H3/b9-8+/t14-/m0/s1. The highest BCUT2D eigenvalue weighted by Crippen LogP contribution is 2.20. The van der Waals surface area contributed by atoms with Crippen molar-refractivity contribution in [3.63, 3.8) is 0 Å². The molecule has 1 aromatic rings. The summed E-state index contributed by atoms with van der Waals surface area (Å²) in [4.78, 5) is 25.0. The average molecular weight is 273 g/mol. The molecular formula is C16H19NO3. The zero-order valence-corrected chi connectivity index (χ0v) is 11.8. The molecule has 0 unspecified atom stereocenters. The summed E-state index contributed by atoms with van der Waals surface area (Å²) in [6.45, 7) is 4.42. The number of imide groups is 1. The van der Waals surface area contributed by atoms with E-state index >= 15 is 0 Å². The molecule has 0 saturated carbocycles. The molecule has 0 spiro atoms. The van der Waals surface area contributed by atoms with Crippen LogP contribution >= 0.6 is 0 Å². The van der Waals surface area contributed by atoms with Crippen molar-refractivity contribution in [3.05, 3.63) is 42.0 Å². The van der Waals surface area contributed by atoms with Crippen LogP contribution in [0.15, 0.2) is 36.4 Å². The van der Waals surface area contributed by atoms with Gasteiger partial charge in [0.15, 0.2) is 0 Å². The van der Waals surface area contributed by atoms with Crippen molar-refractivity contribution in [1.29, 1.82) is 0 Å². The van der Waals surface area contributed by atoms with E-state index in [4.69, 9.17) is 4.74 Å². The summed E-state index contributed by atoms with van der Waals surface area (Å²) in [5, 5.41) is 0. The van der Waals surface area contributed by atoms with Crippen molar-refractivity contribution in [1.82, 2.24) is 4.90 Å². The molecule has 4 nitrogen and oxygen atoms in total. The van der Waals surface area contributed by atoms with E-state index in [0.717, 1.165) is 12.0 Å². The van der Waals surface area contributed by atoms with E-state index in [1.807, 2.05) is 30.3 Å². The molecule has 2 rings (SSSR count). The molecule has 0 bridgehead atoms. The lowest BCUT2D eigenvalue weighted by Gasteiger charge is -2.19. The molecule has 0 N–H and O–H groups in total. The molecule has 1 aliphatic rings. The van der Waals surface area contributed by atoms with Crippen molar-refractivity contribution >= 4 is 18.1 Å². The Morgan fingerprint density at radius 1 is 1.40 bits per heavy atom. The summed E-state index contributed by atoms with van der Waals surface area (Å²) in [7, 11) is 0. The maximum Gasteiger partial charge on any atom is 0.417 e. The van der Waals surface area contributed by atoms with Crippen LogP contribution in [0.3, 0.4) is 0 Å². The maximum absolute atomic E-state index is 12.2. The molecule has 106 valence electrons. The summed E-state index contributed by atoms with van der Waals surface area (Å²) in [6.07, 6.45) is 3.35. The predicted molar refractivity (Wildman–Crippen MR) is 76.9 cm³/mol. The molecule has 1 aliphatic heterocycles. The summed E-state index contributed by atoms with van der Waals surface area (Å²) in [6, 6.07) is 9.35. The third-order valence-corrected chi connectivity index (χ3v) is 3.16. The summed E-state index contributed by atoms with van der Waals surface area (Å²) in [5.41, 5.74) is 0.925. The van der Waals surface area contributed by atoms with Gasteiger partial charge in [-0.15, -0.1) is 0 Å². The second kappa shape index (κ2) is 6.37. The molecular weight excluding hydrogens is 254 g/mol.